The van der Waals surface area contributed by atoms with Crippen molar-refractivity contribution in [3.63, 3.8) is 0 Å². The van der Waals surface area contributed by atoms with E-state index in [0.29, 0.717) is 17.7 Å². The number of carbonyl (C=O) groups is 1. The largest absolute Gasteiger partial charge is 0.507 e. The molecular formula is C22H24O4. The predicted molar refractivity (Wildman–Crippen MR) is 105 cm³/mol. The second-order valence-corrected chi connectivity index (χ2v) is 6.09. The summed E-state index contributed by atoms with van der Waals surface area (Å²) in [6, 6.07) is 11.2. The molecule has 2 aromatic carbocycles. The smallest absolute Gasteiger partial charge is 0.342 e. The summed E-state index contributed by atoms with van der Waals surface area (Å²) in [6.45, 7) is 4.02. The number of hydrogen-bond acceptors (Lipinski definition) is 4. The second-order valence-electron chi connectivity index (χ2n) is 6.09. The number of ether oxygens (including phenoxy) is 2. The van der Waals surface area contributed by atoms with Crippen molar-refractivity contribution in [3.8, 4) is 11.5 Å². The highest BCUT2D eigenvalue weighted by molar-refractivity contribution is 5.99. The summed E-state index contributed by atoms with van der Waals surface area (Å²) in [5.41, 5.74) is 3.68. The molecule has 0 spiro atoms. The molecule has 0 aliphatic rings. The molecule has 0 aromatic heterocycles. The molecule has 0 aliphatic heterocycles. The van der Waals surface area contributed by atoms with Crippen molar-refractivity contribution in [1.29, 1.82) is 0 Å². The van der Waals surface area contributed by atoms with E-state index in [-0.39, 0.29) is 11.3 Å². The van der Waals surface area contributed by atoms with Gasteiger partial charge in [0.1, 0.15) is 17.1 Å². The average molecular weight is 352 g/mol. The van der Waals surface area contributed by atoms with Gasteiger partial charge in [0.2, 0.25) is 0 Å². The summed E-state index contributed by atoms with van der Waals surface area (Å²) < 4.78 is 10.3. The molecule has 0 aliphatic carbocycles. The fraction of sp³-hybridized carbons (Fsp3) is 0.227. The molecule has 0 unspecified atom stereocenters. The highest BCUT2D eigenvalue weighted by Gasteiger charge is 2.22. The number of rotatable bonds is 6. The van der Waals surface area contributed by atoms with Gasteiger partial charge in [-0.2, -0.15) is 0 Å². The first-order valence-electron chi connectivity index (χ1n) is 8.35. The number of phenols is 1. The first kappa shape index (κ1) is 19.3. The predicted octanol–water partition coefficient (Wildman–Crippen LogP) is 4.87. The zero-order valence-electron chi connectivity index (χ0n) is 15.6. The van der Waals surface area contributed by atoms with Crippen molar-refractivity contribution in [1.82, 2.24) is 0 Å². The van der Waals surface area contributed by atoms with Gasteiger partial charge in [-0.1, -0.05) is 54.1 Å². The van der Waals surface area contributed by atoms with Gasteiger partial charge in [0.25, 0.3) is 0 Å². The van der Waals surface area contributed by atoms with Gasteiger partial charge in [0.15, 0.2) is 0 Å². The Kier molecular flexibility index (Phi) is 6.61. The number of aromatic hydroxyl groups is 1. The summed E-state index contributed by atoms with van der Waals surface area (Å²) in [6.07, 6.45) is 6.34. The Morgan fingerprint density at radius 2 is 1.81 bits per heavy atom. The highest BCUT2D eigenvalue weighted by Crippen LogP contribution is 2.35. The van der Waals surface area contributed by atoms with Gasteiger partial charge >= 0.3 is 5.97 Å². The molecule has 0 saturated carbocycles. The third-order valence-electron chi connectivity index (χ3n) is 3.98. The van der Waals surface area contributed by atoms with E-state index < -0.39 is 5.97 Å². The molecule has 136 valence electrons. The molecule has 4 heteroatoms. The van der Waals surface area contributed by atoms with E-state index in [0.717, 1.165) is 16.7 Å². The lowest BCUT2D eigenvalue weighted by atomic mass is 9.94. The Balaban J connectivity index is 2.68. The van der Waals surface area contributed by atoms with Crippen molar-refractivity contribution >= 4 is 18.1 Å². The van der Waals surface area contributed by atoms with Crippen LogP contribution in [0.25, 0.3) is 12.2 Å². The molecule has 0 atom stereocenters. The minimum Gasteiger partial charge on any atom is -0.507 e. The minimum atomic E-state index is -0.587. The van der Waals surface area contributed by atoms with E-state index >= 15 is 0 Å². The molecule has 4 nitrogen and oxygen atoms in total. The van der Waals surface area contributed by atoms with Crippen LogP contribution in [0.4, 0.5) is 0 Å². The van der Waals surface area contributed by atoms with Gasteiger partial charge in [0.05, 0.1) is 14.2 Å². The molecule has 0 radical (unpaired) electrons. The number of methoxy groups -OCH3 is 2. The van der Waals surface area contributed by atoms with Crippen molar-refractivity contribution < 1.29 is 19.4 Å². The molecule has 0 heterocycles. The number of esters is 1. The summed E-state index contributed by atoms with van der Waals surface area (Å²) in [7, 11) is 2.84. The maximum Gasteiger partial charge on any atom is 0.342 e. The lowest BCUT2D eigenvalue weighted by Gasteiger charge is -2.16. The quantitative estimate of drug-likeness (QED) is 0.458. The lowest BCUT2D eigenvalue weighted by molar-refractivity contribution is 0.0597. The number of carbonyl (C=O) groups excluding carboxylic acids is 1. The Bertz CT molecular complexity index is 829. The summed E-state index contributed by atoms with van der Waals surface area (Å²) in [4.78, 5) is 12.3. The average Bonchev–Trinajstić information content (AvgIpc) is 2.64. The number of benzene rings is 2. The van der Waals surface area contributed by atoms with Crippen molar-refractivity contribution in [2.75, 3.05) is 14.2 Å². The van der Waals surface area contributed by atoms with Crippen LogP contribution >= 0.6 is 0 Å². The van der Waals surface area contributed by atoms with Gasteiger partial charge in [-0.3, -0.25) is 0 Å². The first-order valence-corrected chi connectivity index (χ1v) is 8.35. The molecule has 0 amide bonds. The molecule has 26 heavy (non-hydrogen) atoms. The highest BCUT2D eigenvalue weighted by atomic mass is 16.5. The first-order chi connectivity index (χ1) is 12.5. The zero-order chi connectivity index (χ0) is 19.1. The van der Waals surface area contributed by atoms with Crippen LogP contribution in [-0.4, -0.2) is 25.3 Å². The van der Waals surface area contributed by atoms with Crippen molar-refractivity contribution in [2.24, 2.45) is 0 Å². The van der Waals surface area contributed by atoms with E-state index in [1.165, 1.54) is 13.2 Å². The monoisotopic (exact) mass is 352 g/mol. The van der Waals surface area contributed by atoms with Crippen molar-refractivity contribution in [3.05, 3.63) is 70.3 Å². The lowest BCUT2D eigenvalue weighted by Crippen LogP contribution is -2.08. The van der Waals surface area contributed by atoms with Gasteiger partial charge in [-0.25, -0.2) is 4.79 Å². The van der Waals surface area contributed by atoms with Gasteiger partial charge < -0.3 is 14.6 Å². The molecule has 0 saturated heterocycles. The van der Waals surface area contributed by atoms with Crippen LogP contribution < -0.4 is 4.74 Å². The van der Waals surface area contributed by atoms with Crippen LogP contribution in [-0.2, 0) is 11.2 Å². The number of hydrogen-bond donors (Lipinski definition) is 1. The fourth-order valence-electron chi connectivity index (χ4n) is 2.65. The molecule has 1 N–H and O–H groups in total. The molecule has 2 aromatic rings. The summed E-state index contributed by atoms with van der Waals surface area (Å²) in [5, 5.41) is 10.4. The fourth-order valence-corrected chi connectivity index (χ4v) is 2.65. The number of allylic oxidation sites excluding steroid dienone is 2. The molecular weight excluding hydrogens is 328 g/mol. The van der Waals surface area contributed by atoms with Crippen LogP contribution in [0, 0.1) is 0 Å². The maximum atomic E-state index is 12.3. The van der Waals surface area contributed by atoms with E-state index in [9.17, 15) is 9.90 Å². The van der Waals surface area contributed by atoms with Gasteiger partial charge in [-0.15, -0.1) is 0 Å². The SMILES string of the molecule is COC(=O)c1c(O)cc(OC)c(CC=C(C)C)c1/C=C/c1ccccc1. The second kappa shape index (κ2) is 8.90. The van der Waals surface area contributed by atoms with Crippen LogP contribution in [0.1, 0.15) is 40.9 Å². The molecule has 0 fully saturated rings. The van der Waals surface area contributed by atoms with E-state index in [1.807, 2.05) is 56.3 Å². The molecule has 2 rings (SSSR count). The Morgan fingerprint density at radius 3 is 2.38 bits per heavy atom. The Labute approximate surface area is 154 Å². The minimum absolute atomic E-state index is 0.137. The zero-order valence-corrected chi connectivity index (χ0v) is 15.6. The maximum absolute atomic E-state index is 12.3. The van der Waals surface area contributed by atoms with Crippen LogP contribution in [0.2, 0.25) is 0 Å². The Morgan fingerprint density at radius 1 is 1.12 bits per heavy atom. The Hall–Kier alpha value is -3.01. The topological polar surface area (TPSA) is 55.8 Å². The van der Waals surface area contributed by atoms with E-state index in [1.54, 1.807) is 7.11 Å². The van der Waals surface area contributed by atoms with E-state index in [4.69, 9.17) is 9.47 Å². The van der Waals surface area contributed by atoms with Crippen LogP contribution in [0.5, 0.6) is 11.5 Å². The number of phenolic OH excluding ortho intramolecular Hbond substituents is 1. The standard InChI is InChI=1S/C22H24O4/c1-15(2)10-12-17-18(13-11-16-8-6-5-7-9-16)21(22(24)26-4)19(23)14-20(17)25-3/h5-11,13-14,23H,12H2,1-4H3/b13-11+. The summed E-state index contributed by atoms with van der Waals surface area (Å²) >= 11 is 0. The van der Waals surface area contributed by atoms with Gasteiger partial charge in [-0.05, 0) is 31.4 Å². The van der Waals surface area contributed by atoms with Crippen LogP contribution in [0.15, 0.2) is 48.0 Å². The third-order valence-corrected chi connectivity index (χ3v) is 3.98. The summed E-state index contributed by atoms with van der Waals surface area (Å²) in [5.74, 6) is -0.223. The van der Waals surface area contributed by atoms with Crippen LogP contribution in [0.3, 0.4) is 0 Å². The normalized spacial score (nSPS) is 10.6. The third kappa shape index (κ3) is 4.54. The van der Waals surface area contributed by atoms with Crippen molar-refractivity contribution in [2.45, 2.75) is 20.3 Å². The molecule has 0 bridgehead atoms. The van der Waals surface area contributed by atoms with Gasteiger partial charge in [0, 0.05) is 11.6 Å². The van der Waals surface area contributed by atoms with E-state index in [2.05, 4.69) is 6.08 Å².